The number of hydrogen-bond acceptors (Lipinski definition) is 4. The normalized spacial score (nSPS) is 16.6. The van der Waals surface area contributed by atoms with Crippen molar-refractivity contribution in [2.24, 2.45) is 0 Å². The SMILES string of the molecule is CN1CCN(C(CNC(=O)CCOc2ccccc2)c2ccccc2)CC1. The van der Waals surface area contributed by atoms with Gasteiger partial charge in [-0.25, -0.2) is 0 Å². The van der Waals surface area contributed by atoms with Gasteiger partial charge in [-0.05, 0) is 24.7 Å². The summed E-state index contributed by atoms with van der Waals surface area (Å²) in [6.07, 6.45) is 0.360. The van der Waals surface area contributed by atoms with E-state index in [-0.39, 0.29) is 11.9 Å². The van der Waals surface area contributed by atoms with Gasteiger partial charge < -0.3 is 15.0 Å². The molecule has 1 atom stereocenters. The van der Waals surface area contributed by atoms with Gasteiger partial charge in [-0.1, -0.05) is 48.5 Å². The fraction of sp³-hybridized carbons (Fsp3) is 0.409. The van der Waals surface area contributed by atoms with Crippen LogP contribution in [0, 0.1) is 0 Å². The molecule has 2 aromatic rings. The maximum atomic E-state index is 12.3. The zero-order chi connectivity index (χ0) is 18.9. The number of carbonyl (C=O) groups excluding carboxylic acids is 1. The average Bonchev–Trinajstić information content (AvgIpc) is 2.71. The van der Waals surface area contributed by atoms with Crippen molar-refractivity contribution >= 4 is 5.91 Å². The number of piperazine rings is 1. The van der Waals surface area contributed by atoms with Gasteiger partial charge in [-0.3, -0.25) is 9.69 Å². The van der Waals surface area contributed by atoms with Crippen LogP contribution in [-0.2, 0) is 4.79 Å². The molecule has 2 aromatic carbocycles. The Bertz CT molecular complexity index is 685. The number of carbonyl (C=O) groups is 1. The number of benzene rings is 2. The lowest BCUT2D eigenvalue weighted by Gasteiger charge is -2.38. The van der Waals surface area contributed by atoms with Crippen molar-refractivity contribution in [3.63, 3.8) is 0 Å². The fourth-order valence-electron chi connectivity index (χ4n) is 3.34. The number of ether oxygens (including phenoxy) is 1. The maximum Gasteiger partial charge on any atom is 0.223 e. The summed E-state index contributed by atoms with van der Waals surface area (Å²) in [5.41, 5.74) is 1.25. The Hall–Kier alpha value is -2.37. The lowest BCUT2D eigenvalue weighted by molar-refractivity contribution is -0.121. The molecule has 0 spiro atoms. The predicted molar refractivity (Wildman–Crippen MR) is 108 cm³/mol. The first-order valence-electron chi connectivity index (χ1n) is 9.64. The molecule has 1 aliphatic heterocycles. The molecule has 0 saturated carbocycles. The van der Waals surface area contributed by atoms with Gasteiger partial charge in [0.25, 0.3) is 0 Å². The van der Waals surface area contributed by atoms with Gasteiger partial charge in [0.2, 0.25) is 5.91 Å². The average molecular weight is 367 g/mol. The van der Waals surface area contributed by atoms with E-state index in [1.807, 2.05) is 36.4 Å². The van der Waals surface area contributed by atoms with Gasteiger partial charge in [-0.2, -0.15) is 0 Å². The summed E-state index contributed by atoms with van der Waals surface area (Å²) in [5.74, 6) is 0.825. The maximum absolute atomic E-state index is 12.3. The number of amides is 1. The van der Waals surface area contributed by atoms with E-state index in [1.54, 1.807) is 0 Å². The molecular weight excluding hydrogens is 338 g/mol. The lowest BCUT2D eigenvalue weighted by Crippen LogP contribution is -2.48. The van der Waals surface area contributed by atoms with Gasteiger partial charge in [0.05, 0.1) is 19.1 Å². The fourth-order valence-corrected chi connectivity index (χ4v) is 3.34. The zero-order valence-electron chi connectivity index (χ0n) is 16.0. The Balaban J connectivity index is 1.50. The summed E-state index contributed by atoms with van der Waals surface area (Å²) < 4.78 is 5.62. The van der Waals surface area contributed by atoms with E-state index in [1.165, 1.54) is 5.56 Å². The molecule has 144 valence electrons. The van der Waals surface area contributed by atoms with E-state index >= 15 is 0 Å². The van der Waals surface area contributed by atoms with E-state index in [9.17, 15) is 4.79 Å². The standard InChI is InChI=1S/C22H29N3O2/c1-24-13-15-25(16-14-24)21(19-8-4-2-5-9-19)18-23-22(26)12-17-27-20-10-6-3-7-11-20/h2-11,21H,12-18H2,1H3,(H,23,26). The smallest absolute Gasteiger partial charge is 0.223 e. The van der Waals surface area contributed by atoms with E-state index in [2.05, 4.69) is 46.4 Å². The van der Waals surface area contributed by atoms with Gasteiger partial charge in [0.15, 0.2) is 0 Å². The third-order valence-electron chi connectivity index (χ3n) is 5.00. The molecule has 1 saturated heterocycles. The van der Waals surface area contributed by atoms with Gasteiger partial charge >= 0.3 is 0 Å². The second-order valence-electron chi connectivity index (χ2n) is 6.98. The van der Waals surface area contributed by atoms with Crippen molar-refractivity contribution in [1.82, 2.24) is 15.1 Å². The molecule has 1 aliphatic rings. The molecule has 1 heterocycles. The molecule has 1 unspecified atom stereocenters. The van der Waals surface area contributed by atoms with Crippen LogP contribution in [0.4, 0.5) is 0 Å². The van der Waals surface area contributed by atoms with Crippen molar-refractivity contribution < 1.29 is 9.53 Å². The van der Waals surface area contributed by atoms with Crippen LogP contribution < -0.4 is 10.1 Å². The summed E-state index contributed by atoms with van der Waals surface area (Å²) in [4.78, 5) is 17.1. The molecule has 1 fully saturated rings. The lowest BCUT2D eigenvalue weighted by atomic mass is 10.0. The quantitative estimate of drug-likeness (QED) is 0.779. The van der Waals surface area contributed by atoms with Gasteiger partial charge in [0.1, 0.15) is 5.75 Å². The third-order valence-corrected chi connectivity index (χ3v) is 5.00. The molecule has 27 heavy (non-hydrogen) atoms. The van der Waals surface area contributed by atoms with Crippen LogP contribution in [0.2, 0.25) is 0 Å². The highest BCUT2D eigenvalue weighted by Crippen LogP contribution is 2.21. The molecule has 5 heteroatoms. The van der Waals surface area contributed by atoms with Crippen LogP contribution in [0.5, 0.6) is 5.75 Å². The summed E-state index contributed by atoms with van der Waals surface area (Å²) in [6, 6.07) is 20.3. The monoisotopic (exact) mass is 367 g/mol. The number of nitrogens with zero attached hydrogens (tertiary/aromatic N) is 2. The summed E-state index contributed by atoms with van der Waals surface area (Å²) in [5, 5.41) is 3.10. The van der Waals surface area contributed by atoms with E-state index in [4.69, 9.17) is 4.74 Å². The number of rotatable bonds is 8. The summed E-state index contributed by atoms with van der Waals surface area (Å²) >= 11 is 0. The number of likely N-dealkylation sites (N-methyl/N-ethyl adjacent to an activating group) is 1. The van der Waals surface area contributed by atoms with Crippen molar-refractivity contribution in [2.75, 3.05) is 46.4 Å². The van der Waals surface area contributed by atoms with Crippen molar-refractivity contribution in [3.05, 3.63) is 66.2 Å². The van der Waals surface area contributed by atoms with E-state index in [0.29, 0.717) is 19.6 Å². The molecular formula is C22H29N3O2. The molecule has 1 N–H and O–H groups in total. The molecule has 0 aliphatic carbocycles. The van der Waals surface area contributed by atoms with Crippen LogP contribution in [0.15, 0.2) is 60.7 Å². The van der Waals surface area contributed by atoms with Crippen molar-refractivity contribution in [3.8, 4) is 5.75 Å². The molecule has 0 aromatic heterocycles. The number of hydrogen-bond donors (Lipinski definition) is 1. The van der Waals surface area contributed by atoms with Gasteiger partial charge in [0, 0.05) is 32.7 Å². The Morgan fingerprint density at radius 1 is 1.00 bits per heavy atom. The minimum absolute atomic E-state index is 0.0287. The van der Waals surface area contributed by atoms with Crippen molar-refractivity contribution in [2.45, 2.75) is 12.5 Å². The molecule has 5 nitrogen and oxygen atoms in total. The number of nitrogens with one attached hydrogen (secondary N) is 1. The second kappa shape index (κ2) is 10.1. The third kappa shape index (κ3) is 6.08. The summed E-state index contributed by atoms with van der Waals surface area (Å²) in [6.45, 7) is 5.16. The first-order chi connectivity index (χ1) is 13.2. The predicted octanol–water partition coefficient (Wildman–Crippen LogP) is 2.56. The van der Waals surface area contributed by atoms with E-state index in [0.717, 1.165) is 31.9 Å². The van der Waals surface area contributed by atoms with E-state index < -0.39 is 0 Å². The molecule has 1 amide bonds. The highest BCUT2D eigenvalue weighted by molar-refractivity contribution is 5.76. The van der Waals surface area contributed by atoms with Crippen LogP contribution in [0.25, 0.3) is 0 Å². The molecule has 3 rings (SSSR count). The highest BCUT2D eigenvalue weighted by atomic mass is 16.5. The minimum Gasteiger partial charge on any atom is -0.493 e. The van der Waals surface area contributed by atoms with Crippen LogP contribution in [-0.4, -0.2) is 62.1 Å². The first-order valence-corrected chi connectivity index (χ1v) is 9.64. The molecule has 0 bridgehead atoms. The highest BCUT2D eigenvalue weighted by Gasteiger charge is 2.24. The first kappa shape index (κ1) is 19.4. The zero-order valence-corrected chi connectivity index (χ0v) is 16.0. The Morgan fingerprint density at radius 3 is 2.30 bits per heavy atom. The second-order valence-corrected chi connectivity index (χ2v) is 6.98. The Labute approximate surface area is 161 Å². The van der Waals surface area contributed by atoms with Crippen LogP contribution >= 0.6 is 0 Å². The van der Waals surface area contributed by atoms with Crippen LogP contribution in [0.1, 0.15) is 18.0 Å². The minimum atomic E-state index is 0.0287. The Morgan fingerprint density at radius 2 is 1.63 bits per heavy atom. The largest absolute Gasteiger partial charge is 0.493 e. The Kier molecular flexibility index (Phi) is 7.25. The molecule has 0 radical (unpaired) electrons. The van der Waals surface area contributed by atoms with Crippen molar-refractivity contribution in [1.29, 1.82) is 0 Å². The van der Waals surface area contributed by atoms with Crippen LogP contribution in [0.3, 0.4) is 0 Å². The number of para-hydroxylation sites is 1. The van der Waals surface area contributed by atoms with Gasteiger partial charge in [-0.15, -0.1) is 0 Å². The topological polar surface area (TPSA) is 44.8 Å². The summed E-state index contributed by atoms with van der Waals surface area (Å²) in [7, 11) is 2.16.